The van der Waals surface area contributed by atoms with Gasteiger partial charge in [-0.25, -0.2) is 39.5 Å². The summed E-state index contributed by atoms with van der Waals surface area (Å²) >= 11 is -4.88. The molecule has 0 heterocycles. The fraction of sp³-hybridized carbons (Fsp3) is 0.143. The lowest BCUT2D eigenvalue weighted by Crippen LogP contribution is -2.59. The highest BCUT2D eigenvalue weighted by Gasteiger charge is 2.44. The molecule has 0 radical (unpaired) electrons. The van der Waals surface area contributed by atoms with Gasteiger partial charge in [0.1, 0.15) is 17.5 Å². The van der Waals surface area contributed by atoms with Crippen molar-refractivity contribution in [3.8, 4) is 17.2 Å². The van der Waals surface area contributed by atoms with E-state index in [9.17, 15) is 26.3 Å². The smallest absolute Gasteiger partial charge is 0.412 e. The van der Waals surface area contributed by atoms with E-state index >= 15 is 13.2 Å². The molecule has 0 aliphatic rings. The molecule has 0 aromatic heterocycles. The number of rotatable bonds is 6. The van der Waals surface area contributed by atoms with E-state index in [0.29, 0.717) is 0 Å². The van der Waals surface area contributed by atoms with Crippen LogP contribution in [0.3, 0.4) is 0 Å². The number of halogens is 9. The van der Waals surface area contributed by atoms with E-state index in [2.05, 4.69) is 14.2 Å². The first-order chi connectivity index (χ1) is 16.0. The van der Waals surface area contributed by atoms with Crippen molar-refractivity contribution in [2.75, 3.05) is 21.3 Å². The van der Waals surface area contributed by atoms with Crippen molar-refractivity contribution in [1.82, 2.24) is 0 Å². The van der Waals surface area contributed by atoms with Crippen LogP contribution in [0.2, 0.25) is 0 Å². The first kappa shape index (κ1) is 25.6. The number of hydrogen-bond donors (Lipinski definition) is 0. The molecule has 3 nitrogen and oxygen atoms in total. The summed E-state index contributed by atoms with van der Waals surface area (Å²) in [6, 6.07) is 0.531. The zero-order valence-electron chi connectivity index (χ0n) is 17.4. The lowest BCUT2D eigenvalue weighted by molar-refractivity contribution is 0.358. The van der Waals surface area contributed by atoms with Gasteiger partial charge in [0.05, 0.1) is 21.3 Å². The van der Waals surface area contributed by atoms with Crippen LogP contribution in [0.5, 0.6) is 17.2 Å². The molecule has 13 heteroatoms. The van der Waals surface area contributed by atoms with Crippen molar-refractivity contribution in [2.24, 2.45) is 0 Å². The van der Waals surface area contributed by atoms with Crippen molar-refractivity contribution in [2.45, 2.75) is 0 Å². The van der Waals surface area contributed by atoms with Crippen LogP contribution in [0.25, 0.3) is 0 Å². The molecule has 0 atom stereocenters. The summed E-state index contributed by atoms with van der Waals surface area (Å²) in [7, 11) is 2.44. The minimum Gasteiger partial charge on any atom is -0.494 e. The van der Waals surface area contributed by atoms with Gasteiger partial charge in [-0.15, -0.1) is 0 Å². The fourth-order valence-corrected chi connectivity index (χ4v) is 6.66. The Balaban J connectivity index is 2.62. The minimum absolute atomic E-state index is 0.0376. The second-order valence-electron chi connectivity index (χ2n) is 6.74. The molecule has 34 heavy (non-hydrogen) atoms. The molecule has 0 N–H and O–H groups in total. The van der Waals surface area contributed by atoms with Crippen LogP contribution < -0.4 is 27.5 Å². The summed E-state index contributed by atoms with van der Waals surface area (Å²) in [4.78, 5) is 0. The van der Waals surface area contributed by atoms with Gasteiger partial charge in [0.25, 0.3) is 0 Å². The zero-order valence-corrected chi connectivity index (χ0v) is 18.6. The molecule has 0 fully saturated rings. The van der Waals surface area contributed by atoms with Gasteiger partial charge in [-0.3, -0.25) is 0 Å². The number of methoxy groups -OCH3 is 3. The number of benzene rings is 3. The van der Waals surface area contributed by atoms with E-state index in [1.165, 1.54) is 0 Å². The molecule has 3 aromatic rings. The molecular weight excluding hydrogens is 498 g/mol. The van der Waals surface area contributed by atoms with Crippen LogP contribution in [0.1, 0.15) is 0 Å². The van der Waals surface area contributed by atoms with Crippen LogP contribution in [0, 0.1) is 52.4 Å². The van der Waals surface area contributed by atoms with E-state index in [-0.39, 0.29) is 18.2 Å². The third-order valence-electron chi connectivity index (χ3n) is 4.99. The molecule has 0 saturated carbocycles. The summed E-state index contributed by atoms with van der Waals surface area (Å²) in [5.41, 5.74) is 0. The van der Waals surface area contributed by atoms with E-state index in [1.807, 2.05) is 0 Å². The van der Waals surface area contributed by atoms with Crippen LogP contribution in [-0.2, 0) is 0 Å². The van der Waals surface area contributed by atoms with Gasteiger partial charge in [0, 0.05) is 18.2 Å². The highest BCUT2D eigenvalue weighted by atomic mass is 27.2. The molecule has 180 valence electrons. The Morgan fingerprint density at radius 1 is 0.471 bits per heavy atom. The van der Waals surface area contributed by atoms with Gasteiger partial charge < -0.3 is 14.2 Å². The van der Waals surface area contributed by atoms with Crippen LogP contribution in [0.4, 0.5) is 39.5 Å². The third-order valence-corrected chi connectivity index (χ3v) is 8.26. The van der Waals surface area contributed by atoms with Crippen LogP contribution in [0.15, 0.2) is 18.2 Å². The monoisotopic (exact) mass is 510 g/mol. The van der Waals surface area contributed by atoms with E-state index in [0.717, 1.165) is 21.3 Å². The predicted octanol–water partition coefficient (Wildman–Crippen LogP) is 3.48. The first-order valence-corrected chi connectivity index (χ1v) is 10.9. The maximum atomic E-state index is 15.2. The lowest BCUT2D eigenvalue weighted by atomic mass is 10.3. The summed E-state index contributed by atoms with van der Waals surface area (Å²) in [6.07, 6.45) is 0. The van der Waals surface area contributed by atoms with Crippen molar-refractivity contribution in [3.05, 3.63) is 70.6 Å². The SMILES string of the molecule is COc1cc(F)c(F)[c]([Al]([c]2c(F)cc(F)c(OC)c2F)[c]2c(F)c(F)cc(OC)c2F)c1F. The Kier molecular flexibility index (Phi) is 7.28. The summed E-state index contributed by atoms with van der Waals surface area (Å²) in [5.74, 6) is -19.8. The predicted molar refractivity (Wildman–Crippen MR) is 103 cm³/mol. The van der Waals surface area contributed by atoms with Gasteiger partial charge in [0.2, 0.25) is 0 Å². The summed E-state index contributed by atoms with van der Waals surface area (Å²) in [5, 5.41) is 0. The number of ether oxygens (including phenoxy) is 3. The Morgan fingerprint density at radius 2 is 0.912 bits per heavy atom. The highest BCUT2D eigenvalue weighted by Crippen LogP contribution is 2.26. The number of hydrogen-bond acceptors (Lipinski definition) is 3. The molecule has 0 aliphatic carbocycles. The van der Waals surface area contributed by atoms with Gasteiger partial charge >= 0.3 is 14.1 Å². The van der Waals surface area contributed by atoms with E-state index in [4.69, 9.17) is 0 Å². The van der Waals surface area contributed by atoms with Gasteiger partial charge in [-0.2, -0.15) is 0 Å². The molecule has 0 amide bonds. The molecular formula is C21H12AlF9O3. The molecule has 0 unspecified atom stereocenters. The van der Waals surface area contributed by atoms with Gasteiger partial charge in [-0.1, -0.05) is 0 Å². The minimum atomic E-state index is -4.88. The zero-order chi connectivity index (χ0) is 25.5. The first-order valence-electron chi connectivity index (χ1n) is 9.14. The maximum Gasteiger partial charge on any atom is 0.412 e. The largest absolute Gasteiger partial charge is 0.494 e. The summed E-state index contributed by atoms with van der Waals surface area (Å²) < 4.78 is 142. The topological polar surface area (TPSA) is 27.7 Å². The molecule has 0 saturated heterocycles. The average Bonchev–Trinajstić information content (AvgIpc) is 2.78. The van der Waals surface area contributed by atoms with Crippen LogP contribution in [-0.4, -0.2) is 35.5 Å². The molecule has 3 aromatic carbocycles. The Bertz CT molecular complexity index is 1220. The van der Waals surface area contributed by atoms with Crippen molar-refractivity contribution in [3.63, 3.8) is 0 Å². The highest BCUT2D eigenvalue weighted by molar-refractivity contribution is 6.96. The van der Waals surface area contributed by atoms with E-state index in [1.54, 1.807) is 0 Å². The average molecular weight is 510 g/mol. The Morgan fingerprint density at radius 3 is 1.29 bits per heavy atom. The second kappa shape index (κ2) is 9.68. The fourth-order valence-electron chi connectivity index (χ4n) is 3.47. The van der Waals surface area contributed by atoms with Crippen molar-refractivity contribution < 1.29 is 53.7 Å². The Labute approximate surface area is 190 Å². The molecule has 0 aliphatic heterocycles. The normalized spacial score (nSPS) is 10.9. The quantitative estimate of drug-likeness (QED) is 0.289. The van der Waals surface area contributed by atoms with Crippen molar-refractivity contribution >= 4 is 27.4 Å². The maximum absolute atomic E-state index is 15.2. The van der Waals surface area contributed by atoms with E-state index < -0.39 is 97.0 Å². The van der Waals surface area contributed by atoms with Crippen molar-refractivity contribution in [1.29, 1.82) is 0 Å². The summed E-state index contributed by atoms with van der Waals surface area (Å²) in [6.45, 7) is 0. The van der Waals surface area contributed by atoms with Gasteiger partial charge in [0.15, 0.2) is 52.2 Å². The third kappa shape index (κ3) is 4.03. The van der Waals surface area contributed by atoms with Crippen LogP contribution >= 0.6 is 0 Å². The second-order valence-corrected chi connectivity index (χ2v) is 9.34. The Hall–Kier alpha value is -3.04. The lowest BCUT2D eigenvalue weighted by Gasteiger charge is -2.21. The molecule has 0 spiro atoms. The van der Waals surface area contributed by atoms with Gasteiger partial charge in [-0.05, 0) is 13.3 Å². The standard InChI is InChI=1S/3C7H4F3O.Al/c2*1-11-7-3-5(9)4(8)2-6(7)10;1-11-7-5(9)2-4(8)3-6(7)10;/h2*3H,1H3;2H,1H3;. The molecule has 0 bridgehead atoms. The molecule has 3 rings (SSSR count).